The monoisotopic (exact) mass is 360 g/mol. The smallest absolute Gasteiger partial charge is 0.251 e. The summed E-state index contributed by atoms with van der Waals surface area (Å²) in [5.74, 6) is 1.07. The molecule has 1 saturated heterocycles. The summed E-state index contributed by atoms with van der Waals surface area (Å²) in [5.41, 5.74) is 0.898. The van der Waals surface area contributed by atoms with Gasteiger partial charge in [-0.15, -0.1) is 0 Å². The summed E-state index contributed by atoms with van der Waals surface area (Å²) in [6, 6.07) is 7.35. The Balaban J connectivity index is 1.82. The molecular weight excluding hydrogens is 332 g/mol. The molecule has 26 heavy (non-hydrogen) atoms. The second-order valence-corrected chi connectivity index (χ2v) is 7.46. The first-order valence-electron chi connectivity index (χ1n) is 9.35. The summed E-state index contributed by atoms with van der Waals surface area (Å²) in [5, 5.41) is 2.97. The summed E-state index contributed by atoms with van der Waals surface area (Å²) in [6.45, 7) is 4.82. The average molecular weight is 360 g/mol. The lowest BCUT2D eigenvalue weighted by molar-refractivity contribution is -0.165. The van der Waals surface area contributed by atoms with E-state index < -0.39 is 12.1 Å². The highest BCUT2D eigenvalue weighted by atomic mass is 16.5. The maximum atomic E-state index is 12.8. The van der Waals surface area contributed by atoms with Crippen LogP contribution in [0.1, 0.15) is 44.7 Å². The molecule has 6 heteroatoms. The van der Waals surface area contributed by atoms with Gasteiger partial charge in [-0.05, 0) is 42.9 Å². The van der Waals surface area contributed by atoms with Gasteiger partial charge in [0, 0.05) is 12.6 Å². The van der Waals surface area contributed by atoms with E-state index in [1.54, 1.807) is 7.11 Å². The minimum atomic E-state index is -0.686. The van der Waals surface area contributed by atoms with Crippen LogP contribution in [0.15, 0.2) is 24.3 Å². The van der Waals surface area contributed by atoms with Crippen LogP contribution in [0.25, 0.3) is 0 Å². The molecule has 1 aromatic rings. The Hall–Kier alpha value is -2.08. The third kappa shape index (κ3) is 4.18. The van der Waals surface area contributed by atoms with Crippen molar-refractivity contribution >= 4 is 11.8 Å². The van der Waals surface area contributed by atoms with Gasteiger partial charge in [-0.1, -0.05) is 26.0 Å². The lowest BCUT2D eigenvalue weighted by atomic mass is 9.96. The molecule has 1 N–H and O–H groups in total. The average Bonchev–Trinajstić information content (AvgIpc) is 3.46. The second-order valence-electron chi connectivity index (χ2n) is 7.46. The van der Waals surface area contributed by atoms with Gasteiger partial charge < -0.3 is 19.7 Å². The molecule has 142 valence electrons. The number of methoxy groups -OCH3 is 1. The van der Waals surface area contributed by atoms with Crippen molar-refractivity contribution in [3.8, 4) is 5.75 Å². The normalized spacial score (nSPS) is 23.2. The van der Waals surface area contributed by atoms with Crippen molar-refractivity contribution in [2.24, 2.45) is 5.92 Å². The molecule has 3 rings (SSSR count). The van der Waals surface area contributed by atoms with Crippen LogP contribution in [0.2, 0.25) is 0 Å². The van der Waals surface area contributed by atoms with Gasteiger partial charge >= 0.3 is 0 Å². The SMILES string of the molecule is COc1ccc(C2C(C(=O)NCCC(C)C)OCC(=O)N2C2CC2)cc1. The van der Waals surface area contributed by atoms with Crippen LogP contribution >= 0.6 is 0 Å². The molecule has 2 amide bonds. The summed E-state index contributed by atoms with van der Waals surface area (Å²) < 4.78 is 10.9. The Bertz CT molecular complexity index is 640. The molecule has 2 aliphatic rings. The van der Waals surface area contributed by atoms with Crippen molar-refractivity contribution in [2.75, 3.05) is 20.3 Å². The summed E-state index contributed by atoms with van der Waals surface area (Å²) in [4.78, 5) is 27.1. The fraction of sp³-hybridized carbons (Fsp3) is 0.600. The first kappa shape index (κ1) is 18.7. The van der Waals surface area contributed by atoms with Crippen LogP contribution in [0.5, 0.6) is 5.75 Å². The third-order valence-electron chi connectivity index (χ3n) is 4.94. The zero-order valence-corrected chi connectivity index (χ0v) is 15.7. The number of nitrogens with one attached hydrogen (secondary N) is 1. The lowest BCUT2D eigenvalue weighted by Crippen LogP contribution is -2.55. The van der Waals surface area contributed by atoms with E-state index in [9.17, 15) is 9.59 Å². The first-order chi connectivity index (χ1) is 12.5. The predicted octanol–water partition coefficient (Wildman–Crippen LogP) is 2.29. The van der Waals surface area contributed by atoms with Crippen molar-refractivity contribution in [3.63, 3.8) is 0 Å². The zero-order chi connectivity index (χ0) is 18.7. The maximum Gasteiger partial charge on any atom is 0.251 e. The van der Waals surface area contributed by atoms with Crippen LogP contribution in [-0.4, -0.2) is 49.1 Å². The standard InChI is InChI=1S/C20H28N2O4/c1-13(2)10-11-21-20(24)19-18(14-4-8-16(25-3)9-5-14)22(15-6-7-15)17(23)12-26-19/h4-5,8-9,13,15,18-19H,6-7,10-12H2,1-3H3,(H,21,24). The third-order valence-corrected chi connectivity index (χ3v) is 4.94. The Morgan fingerprint density at radius 3 is 2.58 bits per heavy atom. The first-order valence-corrected chi connectivity index (χ1v) is 9.35. The molecule has 1 aliphatic carbocycles. The number of nitrogens with zero attached hydrogens (tertiary/aromatic N) is 1. The van der Waals surface area contributed by atoms with Gasteiger partial charge in [0.1, 0.15) is 12.4 Å². The zero-order valence-electron chi connectivity index (χ0n) is 15.7. The molecule has 0 spiro atoms. The van der Waals surface area contributed by atoms with E-state index in [0.717, 1.165) is 30.6 Å². The molecule has 1 aliphatic heterocycles. The molecule has 6 nitrogen and oxygen atoms in total. The van der Waals surface area contributed by atoms with Gasteiger partial charge in [0.2, 0.25) is 5.91 Å². The Morgan fingerprint density at radius 1 is 1.31 bits per heavy atom. The highest BCUT2D eigenvalue weighted by molar-refractivity contribution is 5.86. The predicted molar refractivity (Wildman–Crippen MR) is 97.8 cm³/mol. The number of benzene rings is 1. The number of carbonyl (C=O) groups excluding carboxylic acids is 2. The fourth-order valence-electron chi connectivity index (χ4n) is 3.35. The molecule has 0 bridgehead atoms. The lowest BCUT2D eigenvalue weighted by Gasteiger charge is -2.40. The Morgan fingerprint density at radius 2 is 2.00 bits per heavy atom. The summed E-state index contributed by atoms with van der Waals surface area (Å²) >= 11 is 0. The van der Waals surface area contributed by atoms with Crippen LogP contribution in [0.4, 0.5) is 0 Å². The van der Waals surface area contributed by atoms with E-state index >= 15 is 0 Å². The molecule has 2 unspecified atom stereocenters. The Kier molecular flexibility index (Phi) is 5.81. The maximum absolute atomic E-state index is 12.8. The molecule has 1 aromatic carbocycles. The van der Waals surface area contributed by atoms with Gasteiger partial charge in [-0.3, -0.25) is 9.59 Å². The highest BCUT2D eigenvalue weighted by Crippen LogP contribution is 2.39. The number of rotatable bonds is 7. The molecule has 1 heterocycles. The van der Waals surface area contributed by atoms with Crippen molar-refractivity contribution in [3.05, 3.63) is 29.8 Å². The van der Waals surface area contributed by atoms with E-state index in [2.05, 4.69) is 19.2 Å². The van der Waals surface area contributed by atoms with Crippen molar-refractivity contribution in [1.29, 1.82) is 0 Å². The number of hydrogen-bond acceptors (Lipinski definition) is 4. The van der Waals surface area contributed by atoms with Gasteiger partial charge in [0.05, 0.1) is 13.2 Å². The fourth-order valence-corrected chi connectivity index (χ4v) is 3.35. The van der Waals surface area contributed by atoms with Crippen LogP contribution < -0.4 is 10.1 Å². The van der Waals surface area contributed by atoms with Gasteiger partial charge in [-0.2, -0.15) is 0 Å². The van der Waals surface area contributed by atoms with E-state index in [1.807, 2.05) is 29.2 Å². The number of amides is 2. The van der Waals surface area contributed by atoms with Gasteiger partial charge in [0.15, 0.2) is 6.10 Å². The van der Waals surface area contributed by atoms with E-state index in [0.29, 0.717) is 12.5 Å². The van der Waals surface area contributed by atoms with Crippen molar-refractivity contribution in [1.82, 2.24) is 10.2 Å². The number of ether oxygens (including phenoxy) is 2. The minimum absolute atomic E-state index is 0.0363. The largest absolute Gasteiger partial charge is 0.497 e. The summed E-state index contributed by atoms with van der Waals surface area (Å²) in [7, 11) is 1.61. The topological polar surface area (TPSA) is 67.9 Å². The van der Waals surface area contributed by atoms with Gasteiger partial charge in [0.25, 0.3) is 5.91 Å². The quantitative estimate of drug-likeness (QED) is 0.810. The minimum Gasteiger partial charge on any atom is -0.497 e. The van der Waals surface area contributed by atoms with E-state index in [-0.39, 0.29) is 24.5 Å². The van der Waals surface area contributed by atoms with Gasteiger partial charge in [-0.25, -0.2) is 0 Å². The Labute approximate surface area is 154 Å². The van der Waals surface area contributed by atoms with E-state index in [4.69, 9.17) is 9.47 Å². The number of hydrogen-bond donors (Lipinski definition) is 1. The molecule has 2 atom stereocenters. The molecular formula is C20H28N2O4. The second kappa shape index (κ2) is 8.08. The van der Waals surface area contributed by atoms with Crippen molar-refractivity contribution < 1.29 is 19.1 Å². The molecule has 0 aromatic heterocycles. The molecule has 1 saturated carbocycles. The highest BCUT2D eigenvalue weighted by Gasteiger charge is 2.47. The molecule has 0 radical (unpaired) electrons. The molecule has 2 fully saturated rings. The van der Waals surface area contributed by atoms with Crippen LogP contribution in [0.3, 0.4) is 0 Å². The van der Waals surface area contributed by atoms with Crippen LogP contribution in [0, 0.1) is 5.92 Å². The number of carbonyl (C=O) groups is 2. The van der Waals surface area contributed by atoms with E-state index in [1.165, 1.54) is 0 Å². The van der Waals surface area contributed by atoms with Crippen molar-refractivity contribution in [2.45, 2.75) is 51.3 Å². The van der Waals surface area contributed by atoms with Crippen LogP contribution in [-0.2, 0) is 14.3 Å². The summed E-state index contributed by atoms with van der Waals surface area (Å²) in [6.07, 6.45) is 2.20. The number of morpholine rings is 1.